The Balaban J connectivity index is 1.18. The van der Waals surface area contributed by atoms with Gasteiger partial charge in [-0.2, -0.15) is 0 Å². The molecule has 4 nitrogen and oxygen atoms in total. The van der Waals surface area contributed by atoms with Crippen LogP contribution in [0.2, 0.25) is 0 Å². The van der Waals surface area contributed by atoms with Crippen molar-refractivity contribution in [2.75, 3.05) is 0 Å². The fraction of sp³-hybridized carbons (Fsp3) is 0.0208. The minimum atomic E-state index is 0.398. The van der Waals surface area contributed by atoms with Gasteiger partial charge < -0.3 is 5.73 Å². The van der Waals surface area contributed by atoms with Crippen LogP contribution in [-0.4, -0.2) is 16.7 Å². The molecule has 0 amide bonds. The average Bonchev–Trinajstić information content (AvgIpc) is 3.22. The van der Waals surface area contributed by atoms with E-state index in [1.54, 1.807) is 6.20 Å². The summed E-state index contributed by atoms with van der Waals surface area (Å²) in [5.41, 5.74) is 13.9. The molecule has 1 aromatic heterocycles. The second-order valence-corrected chi connectivity index (χ2v) is 13.0. The SMILES string of the molecule is NC(=NC(=NCc1ccccc1)c1ccc(-c2cc3c4ccccc4c4ccccc4c3c3ccccc23)cc1)c1ccccc1-c1cccnc1. The van der Waals surface area contributed by atoms with Gasteiger partial charge in [-0.25, -0.2) is 4.99 Å². The van der Waals surface area contributed by atoms with Crippen molar-refractivity contribution in [3.8, 4) is 22.3 Å². The van der Waals surface area contributed by atoms with Crippen molar-refractivity contribution >= 4 is 54.8 Å². The maximum atomic E-state index is 6.81. The van der Waals surface area contributed by atoms with Crippen LogP contribution in [0.5, 0.6) is 0 Å². The van der Waals surface area contributed by atoms with Gasteiger partial charge in [0.05, 0.1) is 6.54 Å². The van der Waals surface area contributed by atoms with E-state index in [-0.39, 0.29) is 0 Å². The molecule has 0 atom stereocenters. The Morgan fingerprint density at radius 3 is 1.81 bits per heavy atom. The van der Waals surface area contributed by atoms with Gasteiger partial charge in [-0.1, -0.05) is 158 Å². The maximum absolute atomic E-state index is 6.81. The lowest BCUT2D eigenvalue weighted by atomic mass is 9.87. The molecule has 0 aliphatic heterocycles. The first kappa shape index (κ1) is 31.1. The molecule has 0 aliphatic rings. The Morgan fingerprint density at radius 2 is 1.10 bits per heavy atom. The topological polar surface area (TPSA) is 63.6 Å². The number of pyridine rings is 1. The van der Waals surface area contributed by atoms with Gasteiger partial charge in [-0.05, 0) is 77.5 Å². The summed E-state index contributed by atoms with van der Waals surface area (Å²) in [6.07, 6.45) is 3.61. The molecular formula is C48H34N4. The molecule has 0 saturated carbocycles. The third-order valence-corrected chi connectivity index (χ3v) is 9.86. The molecular weight excluding hydrogens is 633 g/mol. The molecule has 9 aromatic rings. The van der Waals surface area contributed by atoms with Crippen LogP contribution in [0, 0.1) is 0 Å². The second kappa shape index (κ2) is 13.4. The van der Waals surface area contributed by atoms with E-state index >= 15 is 0 Å². The van der Waals surface area contributed by atoms with E-state index < -0.39 is 0 Å². The minimum Gasteiger partial charge on any atom is -0.383 e. The largest absolute Gasteiger partial charge is 0.383 e. The van der Waals surface area contributed by atoms with Crippen LogP contribution in [0.4, 0.5) is 0 Å². The molecule has 52 heavy (non-hydrogen) atoms. The van der Waals surface area contributed by atoms with Crippen molar-refractivity contribution in [1.82, 2.24) is 4.98 Å². The highest BCUT2D eigenvalue weighted by molar-refractivity contribution is 6.33. The van der Waals surface area contributed by atoms with Gasteiger partial charge in [0.1, 0.15) is 5.84 Å². The third kappa shape index (κ3) is 5.66. The monoisotopic (exact) mass is 666 g/mol. The lowest BCUT2D eigenvalue weighted by Crippen LogP contribution is -2.17. The van der Waals surface area contributed by atoms with Gasteiger partial charge in [0.25, 0.3) is 0 Å². The van der Waals surface area contributed by atoms with Gasteiger partial charge in [-0.3, -0.25) is 9.98 Å². The summed E-state index contributed by atoms with van der Waals surface area (Å²) in [5, 5.41) is 10.1. The zero-order chi connectivity index (χ0) is 34.9. The van der Waals surface area contributed by atoms with Crippen molar-refractivity contribution in [2.45, 2.75) is 6.54 Å². The van der Waals surface area contributed by atoms with Gasteiger partial charge in [0, 0.05) is 29.1 Å². The van der Waals surface area contributed by atoms with E-state index in [0.717, 1.165) is 33.4 Å². The van der Waals surface area contributed by atoms with Crippen molar-refractivity contribution in [2.24, 2.45) is 15.7 Å². The number of rotatable bonds is 6. The highest BCUT2D eigenvalue weighted by Gasteiger charge is 2.16. The summed E-state index contributed by atoms with van der Waals surface area (Å²) in [6, 6.07) is 59.4. The smallest absolute Gasteiger partial charge is 0.157 e. The Morgan fingerprint density at radius 1 is 0.500 bits per heavy atom. The van der Waals surface area contributed by atoms with Crippen LogP contribution in [0.3, 0.4) is 0 Å². The first-order valence-electron chi connectivity index (χ1n) is 17.5. The highest BCUT2D eigenvalue weighted by atomic mass is 15.0. The molecule has 0 bridgehead atoms. The number of nitrogens with zero attached hydrogens (tertiary/aromatic N) is 3. The summed E-state index contributed by atoms with van der Waals surface area (Å²) in [5.74, 6) is 0.977. The number of amidine groups is 2. The van der Waals surface area contributed by atoms with Crippen LogP contribution in [-0.2, 0) is 6.54 Å². The predicted octanol–water partition coefficient (Wildman–Crippen LogP) is 11.4. The van der Waals surface area contributed by atoms with E-state index in [1.165, 1.54) is 48.7 Å². The molecule has 2 N–H and O–H groups in total. The third-order valence-electron chi connectivity index (χ3n) is 9.86. The number of fused-ring (bicyclic) bond motifs is 8. The van der Waals surface area contributed by atoms with Crippen LogP contribution < -0.4 is 5.73 Å². The molecule has 0 unspecified atom stereocenters. The van der Waals surface area contributed by atoms with Crippen molar-refractivity contribution in [3.05, 3.63) is 199 Å². The standard InChI is InChI=1S/C48H34N4/c49-47(43-23-11-4-16-36(43)35-15-12-28-50-31-35)52-48(51-30-32-13-2-1-3-14-32)34-26-24-33(25-27-34)44-29-45-39-19-6-5-17-37(39)38-18-7-9-21-41(38)46(45)42-22-10-8-20-40(42)44/h1-29,31H,30H2,(H2,49,51,52). The number of aromatic nitrogens is 1. The second-order valence-electron chi connectivity index (χ2n) is 13.0. The van der Waals surface area contributed by atoms with Crippen LogP contribution in [0.15, 0.2) is 192 Å². The number of hydrogen-bond donors (Lipinski definition) is 1. The summed E-state index contributed by atoms with van der Waals surface area (Å²) in [7, 11) is 0. The Labute approximate surface area is 302 Å². The number of hydrogen-bond acceptors (Lipinski definition) is 2. The Hall–Kier alpha value is -6.91. The van der Waals surface area contributed by atoms with Crippen molar-refractivity contribution in [1.29, 1.82) is 0 Å². The molecule has 4 heteroatoms. The molecule has 0 aliphatic carbocycles. The van der Waals surface area contributed by atoms with Gasteiger partial charge in [-0.15, -0.1) is 0 Å². The molecule has 8 aromatic carbocycles. The zero-order valence-corrected chi connectivity index (χ0v) is 28.4. The molecule has 0 fully saturated rings. The fourth-order valence-electron chi connectivity index (χ4n) is 7.40. The quantitative estimate of drug-likeness (QED) is 0.109. The maximum Gasteiger partial charge on any atom is 0.157 e. The van der Waals surface area contributed by atoms with E-state index in [1.807, 2.05) is 60.8 Å². The number of benzene rings is 8. The lowest BCUT2D eigenvalue weighted by Gasteiger charge is -2.16. The van der Waals surface area contributed by atoms with Crippen LogP contribution in [0.25, 0.3) is 65.3 Å². The normalized spacial score (nSPS) is 12.2. The molecule has 9 rings (SSSR count). The Kier molecular flexibility index (Phi) is 8.03. The van der Waals surface area contributed by atoms with Gasteiger partial charge in [0.2, 0.25) is 0 Å². The van der Waals surface area contributed by atoms with E-state index in [4.69, 9.17) is 15.7 Å². The number of nitrogens with two attached hydrogens (primary N) is 1. The first-order chi connectivity index (χ1) is 25.7. The van der Waals surface area contributed by atoms with Crippen molar-refractivity contribution < 1.29 is 0 Å². The van der Waals surface area contributed by atoms with Gasteiger partial charge >= 0.3 is 0 Å². The Bertz CT molecular complexity index is 2800. The van der Waals surface area contributed by atoms with Gasteiger partial charge in [0.15, 0.2) is 5.84 Å². The first-order valence-corrected chi connectivity index (χ1v) is 17.5. The molecule has 0 saturated heterocycles. The molecule has 246 valence electrons. The average molecular weight is 667 g/mol. The summed E-state index contributed by atoms with van der Waals surface area (Å²) in [4.78, 5) is 14.3. The minimum absolute atomic E-state index is 0.398. The summed E-state index contributed by atoms with van der Waals surface area (Å²) in [6.45, 7) is 0.481. The summed E-state index contributed by atoms with van der Waals surface area (Å²) >= 11 is 0. The van der Waals surface area contributed by atoms with E-state index in [0.29, 0.717) is 18.2 Å². The molecule has 0 spiro atoms. The lowest BCUT2D eigenvalue weighted by molar-refractivity contribution is 1.06. The highest BCUT2D eigenvalue weighted by Crippen LogP contribution is 2.42. The van der Waals surface area contributed by atoms with E-state index in [2.05, 4.69) is 120 Å². The fourth-order valence-corrected chi connectivity index (χ4v) is 7.40. The molecule has 1 heterocycles. The van der Waals surface area contributed by atoms with Crippen LogP contribution in [0.1, 0.15) is 16.7 Å². The molecule has 0 radical (unpaired) electrons. The van der Waals surface area contributed by atoms with E-state index in [9.17, 15) is 0 Å². The van der Waals surface area contributed by atoms with Crippen molar-refractivity contribution in [3.63, 3.8) is 0 Å². The summed E-state index contributed by atoms with van der Waals surface area (Å²) < 4.78 is 0. The number of aliphatic imine (C=N–C) groups is 2. The van der Waals surface area contributed by atoms with Crippen LogP contribution >= 0.6 is 0 Å². The predicted molar refractivity (Wildman–Crippen MR) is 219 cm³/mol. The zero-order valence-electron chi connectivity index (χ0n) is 28.4.